The van der Waals surface area contributed by atoms with Crippen LogP contribution in [0.1, 0.15) is 12.8 Å². The van der Waals surface area contributed by atoms with E-state index in [0.29, 0.717) is 13.0 Å². The molecule has 0 saturated carbocycles. The lowest BCUT2D eigenvalue weighted by molar-refractivity contribution is -0.398. The molecule has 0 amide bonds. The predicted octanol–water partition coefficient (Wildman–Crippen LogP) is 0.0284. The van der Waals surface area contributed by atoms with Gasteiger partial charge in [0, 0.05) is 6.54 Å². The lowest BCUT2D eigenvalue weighted by atomic mass is 10.2. The summed E-state index contributed by atoms with van der Waals surface area (Å²) in [5, 5.41) is 9.51. The number of hydroxylamine groups is 2. The lowest BCUT2D eigenvalue weighted by Gasteiger charge is -2.16. The summed E-state index contributed by atoms with van der Waals surface area (Å²) < 4.78 is 4.49. The van der Waals surface area contributed by atoms with Crippen molar-refractivity contribution in [2.24, 2.45) is 0 Å². The van der Waals surface area contributed by atoms with Crippen LogP contribution in [-0.4, -0.2) is 36.0 Å². The Kier molecular flexibility index (Phi) is 2.81. The quantitative estimate of drug-likeness (QED) is 0.351. The van der Waals surface area contributed by atoms with Crippen molar-refractivity contribution in [3.8, 4) is 0 Å². The number of methoxy groups -OCH3 is 1. The first-order chi connectivity index (χ1) is 5.29. The van der Waals surface area contributed by atoms with Gasteiger partial charge >= 0.3 is 5.97 Å². The van der Waals surface area contributed by atoms with Gasteiger partial charge in [-0.05, 0) is 12.8 Å². The Labute approximate surface area is 64.4 Å². The maximum Gasteiger partial charge on any atom is 0.325 e. The molecule has 64 valence electrons. The van der Waals surface area contributed by atoms with Crippen LogP contribution < -0.4 is 0 Å². The van der Waals surface area contributed by atoms with Crippen LogP contribution in [0.15, 0.2) is 0 Å². The molecule has 1 fully saturated rings. The maximum atomic E-state index is 10.9. The van der Waals surface area contributed by atoms with Gasteiger partial charge in [0.15, 0.2) is 0 Å². The van der Waals surface area contributed by atoms with Gasteiger partial charge in [-0.1, -0.05) is 0 Å². The first-order valence-electron chi connectivity index (χ1n) is 3.45. The van der Waals surface area contributed by atoms with Crippen molar-refractivity contribution < 1.29 is 19.8 Å². The number of rotatable bonds is 2. The van der Waals surface area contributed by atoms with Crippen LogP contribution in [0.4, 0.5) is 0 Å². The molecule has 1 N–H and O–H groups in total. The zero-order valence-corrected chi connectivity index (χ0v) is 6.32. The molecule has 1 aliphatic heterocycles. The zero-order chi connectivity index (χ0) is 8.27. The topological polar surface area (TPSA) is 59.0 Å². The molecule has 0 bridgehead atoms. The third kappa shape index (κ3) is 1.68. The molecule has 5 heteroatoms. The summed E-state index contributed by atoms with van der Waals surface area (Å²) in [5.41, 5.74) is 0. The third-order valence-corrected chi connectivity index (χ3v) is 1.78. The number of nitrogens with zero attached hydrogens (tertiary/aromatic N) is 1. The van der Waals surface area contributed by atoms with Crippen LogP contribution in [-0.2, 0) is 14.5 Å². The number of ether oxygens (including phenoxy) is 1. The second-order valence-corrected chi connectivity index (χ2v) is 2.40. The van der Waals surface area contributed by atoms with Crippen LogP contribution in [0.3, 0.4) is 0 Å². The molecule has 0 aromatic rings. The number of carbonyl (C=O) groups excluding carboxylic acids is 1. The van der Waals surface area contributed by atoms with Crippen LogP contribution in [0.5, 0.6) is 0 Å². The van der Waals surface area contributed by atoms with Crippen LogP contribution >= 0.6 is 0 Å². The van der Waals surface area contributed by atoms with E-state index >= 15 is 0 Å². The summed E-state index contributed by atoms with van der Waals surface area (Å²) in [6.07, 6.45) is 1.51. The van der Waals surface area contributed by atoms with Crippen molar-refractivity contribution in [1.82, 2.24) is 5.06 Å². The van der Waals surface area contributed by atoms with Gasteiger partial charge in [0.25, 0.3) is 0 Å². The molecule has 11 heavy (non-hydrogen) atoms. The van der Waals surface area contributed by atoms with Crippen molar-refractivity contribution in [2.75, 3.05) is 13.7 Å². The number of hydrogen-bond acceptors (Lipinski definition) is 5. The molecule has 0 aliphatic carbocycles. The Balaban J connectivity index is 2.49. The van der Waals surface area contributed by atoms with Gasteiger partial charge in [-0.2, -0.15) is 0 Å². The highest BCUT2D eigenvalue weighted by Crippen LogP contribution is 2.17. The Morgan fingerprint density at radius 2 is 2.45 bits per heavy atom. The molecule has 1 rings (SSSR count). The van der Waals surface area contributed by atoms with E-state index in [4.69, 9.17) is 5.26 Å². The molecule has 0 radical (unpaired) electrons. The van der Waals surface area contributed by atoms with Gasteiger partial charge in [0.05, 0.1) is 7.11 Å². The van der Waals surface area contributed by atoms with Gasteiger partial charge in [-0.15, -0.1) is 10.1 Å². The average Bonchev–Trinajstić information content (AvgIpc) is 2.50. The summed E-state index contributed by atoms with van der Waals surface area (Å²) in [6, 6.07) is -0.440. The zero-order valence-electron chi connectivity index (χ0n) is 6.32. The fourth-order valence-electron chi connectivity index (χ4n) is 1.21. The smallest absolute Gasteiger partial charge is 0.325 e. The molecule has 1 saturated heterocycles. The summed E-state index contributed by atoms with van der Waals surface area (Å²) in [6.45, 7) is 0.566. The minimum absolute atomic E-state index is 0.364. The van der Waals surface area contributed by atoms with Gasteiger partial charge in [0.1, 0.15) is 6.04 Å². The number of hydrogen-bond donors (Lipinski definition) is 1. The van der Waals surface area contributed by atoms with Crippen molar-refractivity contribution in [3.63, 3.8) is 0 Å². The Hall–Kier alpha value is -0.650. The standard InChI is InChI=1S/C6H11NO4/c1-10-6(8)5-3-2-4-7(5)11-9/h5,9H,2-4H2,1H3. The van der Waals surface area contributed by atoms with E-state index < -0.39 is 6.04 Å². The molecular weight excluding hydrogens is 150 g/mol. The highest BCUT2D eigenvalue weighted by atomic mass is 17.2. The molecule has 1 aliphatic rings. The number of carbonyl (C=O) groups is 1. The van der Waals surface area contributed by atoms with E-state index in [-0.39, 0.29) is 5.97 Å². The Bertz CT molecular complexity index is 150. The Morgan fingerprint density at radius 1 is 1.73 bits per heavy atom. The monoisotopic (exact) mass is 161 g/mol. The normalized spacial score (nSPS) is 25.5. The third-order valence-electron chi connectivity index (χ3n) is 1.78. The highest BCUT2D eigenvalue weighted by molar-refractivity contribution is 5.75. The second-order valence-electron chi connectivity index (χ2n) is 2.40. The highest BCUT2D eigenvalue weighted by Gasteiger charge is 2.32. The summed E-state index contributed by atoms with van der Waals surface area (Å²) >= 11 is 0. The molecule has 1 unspecified atom stereocenters. The van der Waals surface area contributed by atoms with Gasteiger partial charge in [-0.25, -0.2) is 5.26 Å². The van der Waals surface area contributed by atoms with Crippen molar-refractivity contribution >= 4 is 5.97 Å². The van der Waals surface area contributed by atoms with Crippen LogP contribution in [0, 0.1) is 0 Å². The molecular formula is C6H11NO4. The maximum absolute atomic E-state index is 10.9. The SMILES string of the molecule is COC(=O)C1CCCN1OO. The van der Waals surface area contributed by atoms with E-state index in [2.05, 4.69) is 9.73 Å². The summed E-state index contributed by atoms with van der Waals surface area (Å²) in [4.78, 5) is 14.9. The van der Waals surface area contributed by atoms with E-state index in [1.807, 2.05) is 0 Å². The van der Waals surface area contributed by atoms with E-state index in [1.165, 1.54) is 12.2 Å². The molecule has 1 atom stereocenters. The minimum Gasteiger partial charge on any atom is -0.468 e. The molecule has 0 aromatic heterocycles. The fraction of sp³-hybridized carbons (Fsp3) is 0.833. The minimum atomic E-state index is -0.440. The fourth-order valence-corrected chi connectivity index (χ4v) is 1.21. The largest absolute Gasteiger partial charge is 0.468 e. The molecule has 1 heterocycles. The van der Waals surface area contributed by atoms with Crippen molar-refractivity contribution in [3.05, 3.63) is 0 Å². The van der Waals surface area contributed by atoms with Crippen molar-refractivity contribution in [1.29, 1.82) is 0 Å². The Morgan fingerprint density at radius 3 is 3.00 bits per heavy atom. The van der Waals surface area contributed by atoms with Crippen molar-refractivity contribution in [2.45, 2.75) is 18.9 Å². The van der Waals surface area contributed by atoms with E-state index in [1.54, 1.807) is 0 Å². The van der Waals surface area contributed by atoms with Crippen LogP contribution in [0.25, 0.3) is 0 Å². The first-order valence-corrected chi connectivity index (χ1v) is 3.45. The predicted molar refractivity (Wildman–Crippen MR) is 35.5 cm³/mol. The first kappa shape index (κ1) is 8.45. The number of esters is 1. The lowest BCUT2D eigenvalue weighted by Crippen LogP contribution is -2.36. The summed E-state index contributed by atoms with van der Waals surface area (Å²) in [5.74, 6) is -0.364. The van der Waals surface area contributed by atoms with E-state index in [9.17, 15) is 4.79 Å². The van der Waals surface area contributed by atoms with Gasteiger partial charge in [-0.3, -0.25) is 4.79 Å². The molecule has 0 aromatic carbocycles. The van der Waals surface area contributed by atoms with Gasteiger partial charge < -0.3 is 4.74 Å². The molecule has 5 nitrogen and oxygen atoms in total. The van der Waals surface area contributed by atoms with Crippen LogP contribution in [0.2, 0.25) is 0 Å². The van der Waals surface area contributed by atoms with Gasteiger partial charge in [0.2, 0.25) is 0 Å². The average molecular weight is 161 g/mol. The van der Waals surface area contributed by atoms with E-state index in [0.717, 1.165) is 6.42 Å². The summed E-state index contributed by atoms with van der Waals surface area (Å²) in [7, 11) is 1.32. The second kappa shape index (κ2) is 3.66. The molecule has 0 spiro atoms.